The number of amides is 1. The van der Waals surface area contributed by atoms with E-state index < -0.39 is 17.7 Å². The lowest BCUT2D eigenvalue weighted by molar-refractivity contribution is -0.125. The number of Topliss-reactive ketones (excluding diaryl/α,β-unsaturated/α-hetero) is 1. The van der Waals surface area contributed by atoms with E-state index in [9.17, 15) is 9.59 Å². The third-order valence-electron chi connectivity index (χ3n) is 4.80. The molecule has 18 heavy (non-hydrogen) atoms. The second-order valence-corrected chi connectivity index (χ2v) is 6.04. The Kier molecular flexibility index (Phi) is 2.62. The first-order valence-electron chi connectivity index (χ1n) is 6.69. The number of rotatable bonds is 5. The SMILES string of the molecule is C[C@]1(C(=O)[C@H](CC2C3CCCC32)NC(=O)O)CO1. The topological polar surface area (TPSA) is 78.9 Å². The number of hydrogen-bond donors (Lipinski definition) is 2. The van der Waals surface area contributed by atoms with E-state index in [1.807, 2.05) is 0 Å². The van der Waals surface area contributed by atoms with E-state index in [2.05, 4.69) is 5.32 Å². The molecule has 2 N–H and O–H groups in total. The maximum absolute atomic E-state index is 12.2. The minimum absolute atomic E-state index is 0.102. The first-order valence-corrected chi connectivity index (χ1v) is 6.69. The van der Waals surface area contributed by atoms with Crippen LogP contribution >= 0.6 is 0 Å². The Morgan fingerprint density at radius 2 is 2.06 bits per heavy atom. The van der Waals surface area contributed by atoms with Crippen molar-refractivity contribution in [2.24, 2.45) is 17.8 Å². The molecule has 0 aromatic rings. The Hall–Kier alpha value is -1.10. The maximum atomic E-state index is 12.2. The number of carbonyl (C=O) groups excluding carboxylic acids is 1. The second-order valence-electron chi connectivity index (χ2n) is 6.04. The minimum atomic E-state index is -1.12. The van der Waals surface area contributed by atoms with Gasteiger partial charge in [0.15, 0.2) is 5.78 Å². The normalized spacial score (nSPS) is 41.9. The third kappa shape index (κ3) is 2.00. The van der Waals surface area contributed by atoms with Crippen LogP contribution in [0.5, 0.6) is 0 Å². The lowest BCUT2D eigenvalue weighted by Crippen LogP contribution is -2.46. The molecule has 0 spiro atoms. The van der Waals surface area contributed by atoms with Crippen LogP contribution in [0.4, 0.5) is 4.79 Å². The van der Waals surface area contributed by atoms with Gasteiger partial charge in [-0.15, -0.1) is 0 Å². The first-order chi connectivity index (χ1) is 8.51. The highest BCUT2D eigenvalue weighted by atomic mass is 16.6. The number of ether oxygens (including phenoxy) is 1. The summed E-state index contributed by atoms with van der Waals surface area (Å²) in [4.78, 5) is 23.0. The van der Waals surface area contributed by atoms with E-state index in [0.717, 1.165) is 11.8 Å². The largest absolute Gasteiger partial charge is 0.465 e. The van der Waals surface area contributed by atoms with Gasteiger partial charge >= 0.3 is 6.09 Å². The maximum Gasteiger partial charge on any atom is 0.405 e. The van der Waals surface area contributed by atoms with Gasteiger partial charge in [-0.1, -0.05) is 6.42 Å². The molecule has 5 heteroatoms. The standard InChI is InChI=1S/C13H19NO4/c1-13(6-18-13)11(15)10(14-12(16)17)5-9-7-3-2-4-8(7)9/h7-10,14H,2-6H2,1H3,(H,16,17)/t7?,8?,9?,10-,13+/m0/s1. The summed E-state index contributed by atoms with van der Waals surface area (Å²) in [6, 6.07) is -0.592. The van der Waals surface area contributed by atoms with E-state index in [1.54, 1.807) is 6.92 Å². The molecule has 1 amide bonds. The molecular weight excluding hydrogens is 234 g/mol. The van der Waals surface area contributed by atoms with Crippen LogP contribution in [0.25, 0.3) is 0 Å². The molecule has 0 radical (unpaired) electrons. The molecular formula is C13H19NO4. The number of nitrogens with one attached hydrogen (secondary N) is 1. The van der Waals surface area contributed by atoms with Gasteiger partial charge in [0.25, 0.3) is 0 Å². The monoisotopic (exact) mass is 253 g/mol. The van der Waals surface area contributed by atoms with Crippen LogP contribution in [0, 0.1) is 17.8 Å². The molecule has 100 valence electrons. The lowest BCUT2D eigenvalue weighted by atomic mass is 9.94. The fourth-order valence-corrected chi connectivity index (χ4v) is 3.59. The molecule has 2 aliphatic carbocycles. The van der Waals surface area contributed by atoms with E-state index in [0.29, 0.717) is 18.9 Å². The van der Waals surface area contributed by atoms with Crippen molar-refractivity contribution < 1.29 is 19.4 Å². The van der Waals surface area contributed by atoms with Gasteiger partial charge < -0.3 is 15.2 Å². The van der Waals surface area contributed by atoms with Crippen LogP contribution in [0.1, 0.15) is 32.6 Å². The van der Waals surface area contributed by atoms with Crippen LogP contribution in [0.2, 0.25) is 0 Å². The summed E-state index contributed by atoms with van der Waals surface area (Å²) in [6.45, 7) is 2.15. The molecule has 0 aromatic carbocycles. The molecule has 3 rings (SSSR count). The smallest absolute Gasteiger partial charge is 0.405 e. The zero-order chi connectivity index (χ0) is 12.9. The quantitative estimate of drug-likeness (QED) is 0.726. The van der Waals surface area contributed by atoms with Crippen LogP contribution in [0.3, 0.4) is 0 Å². The van der Waals surface area contributed by atoms with Gasteiger partial charge in [0.05, 0.1) is 12.6 Å². The molecule has 1 aliphatic heterocycles. The van der Waals surface area contributed by atoms with Gasteiger partial charge in [-0.2, -0.15) is 0 Å². The van der Waals surface area contributed by atoms with E-state index in [-0.39, 0.29) is 5.78 Å². The summed E-state index contributed by atoms with van der Waals surface area (Å²) in [6.07, 6.45) is 3.31. The molecule has 3 aliphatic rings. The summed E-state index contributed by atoms with van der Waals surface area (Å²) in [7, 11) is 0. The van der Waals surface area contributed by atoms with Crippen LogP contribution in [-0.2, 0) is 9.53 Å². The van der Waals surface area contributed by atoms with Gasteiger partial charge in [-0.3, -0.25) is 4.79 Å². The van der Waals surface area contributed by atoms with Gasteiger partial charge in [-0.05, 0) is 43.9 Å². The predicted molar refractivity (Wildman–Crippen MR) is 63.3 cm³/mol. The summed E-state index contributed by atoms with van der Waals surface area (Å²) < 4.78 is 5.13. The average molecular weight is 253 g/mol. The van der Waals surface area contributed by atoms with Crippen molar-refractivity contribution in [1.82, 2.24) is 5.32 Å². The molecule has 0 bridgehead atoms. The Morgan fingerprint density at radius 3 is 2.56 bits per heavy atom. The Morgan fingerprint density at radius 1 is 1.44 bits per heavy atom. The molecule has 0 aromatic heterocycles. The second kappa shape index (κ2) is 3.95. The van der Waals surface area contributed by atoms with Crippen molar-refractivity contribution >= 4 is 11.9 Å². The summed E-state index contributed by atoms with van der Waals surface area (Å²) in [5.74, 6) is 1.92. The van der Waals surface area contributed by atoms with Crippen molar-refractivity contribution in [2.45, 2.75) is 44.2 Å². The highest BCUT2D eigenvalue weighted by Gasteiger charge is 2.56. The van der Waals surface area contributed by atoms with Crippen LogP contribution < -0.4 is 5.32 Å². The fourth-order valence-electron chi connectivity index (χ4n) is 3.59. The van der Waals surface area contributed by atoms with Crippen molar-refractivity contribution in [2.75, 3.05) is 6.61 Å². The highest BCUT2D eigenvalue weighted by molar-refractivity contribution is 5.95. The zero-order valence-corrected chi connectivity index (χ0v) is 10.5. The first kappa shape index (κ1) is 12.0. The fraction of sp³-hybridized carbons (Fsp3) is 0.846. The molecule has 2 saturated carbocycles. The van der Waals surface area contributed by atoms with E-state index in [4.69, 9.17) is 9.84 Å². The van der Waals surface area contributed by atoms with Gasteiger partial charge in [-0.25, -0.2) is 4.79 Å². The number of hydrogen-bond acceptors (Lipinski definition) is 3. The minimum Gasteiger partial charge on any atom is -0.465 e. The van der Waals surface area contributed by atoms with Crippen molar-refractivity contribution in [1.29, 1.82) is 0 Å². The highest BCUT2D eigenvalue weighted by Crippen LogP contribution is 2.59. The third-order valence-corrected chi connectivity index (χ3v) is 4.80. The molecule has 4 atom stereocenters. The van der Waals surface area contributed by atoms with Crippen LogP contribution in [0.15, 0.2) is 0 Å². The van der Waals surface area contributed by atoms with Gasteiger partial charge in [0, 0.05) is 0 Å². The summed E-state index contributed by atoms with van der Waals surface area (Å²) in [5.41, 5.74) is -0.739. The van der Waals surface area contributed by atoms with Crippen molar-refractivity contribution in [3.63, 3.8) is 0 Å². The van der Waals surface area contributed by atoms with Crippen molar-refractivity contribution in [3.05, 3.63) is 0 Å². The molecule has 5 nitrogen and oxygen atoms in total. The number of fused-ring (bicyclic) bond motifs is 1. The molecule has 2 unspecified atom stereocenters. The Bertz CT molecular complexity index is 380. The summed E-state index contributed by atoms with van der Waals surface area (Å²) in [5, 5.41) is 11.2. The average Bonchev–Trinajstić information content (AvgIpc) is 3.14. The predicted octanol–water partition coefficient (Wildman–Crippen LogP) is 1.42. The van der Waals surface area contributed by atoms with E-state index >= 15 is 0 Å². The molecule has 3 fully saturated rings. The summed E-state index contributed by atoms with van der Waals surface area (Å²) >= 11 is 0. The van der Waals surface area contributed by atoms with Crippen molar-refractivity contribution in [3.8, 4) is 0 Å². The number of carbonyl (C=O) groups is 2. The zero-order valence-electron chi connectivity index (χ0n) is 10.5. The van der Waals surface area contributed by atoms with E-state index in [1.165, 1.54) is 19.3 Å². The Balaban J connectivity index is 1.62. The molecule has 1 saturated heterocycles. The number of carboxylic acid groups (broad SMARTS) is 1. The number of ketones is 1. The Labute approximate surface area is 106 Å². The van der Waals surface area contributed by atoms with Gasteiger partial charge in [0.2, 0.25) is 0 Å². The number of epoxide rings is 1. The molecule has 1 heterocycles. The van der Waals surface area contributed by atoms with Gasteiger partial charge in [0.1, 0.15) is 5.60 Å². The van der Waals surface area contributed by atoms with Crippen LogP contribution in [-0.4, -0.2) is 35.2 Å². The lowest BCUT2D eigenvalue weighted by Gasteiger charge is -2.18.